The highest BCUT2D eigenvalue weighted by molar-refractivity contribution is 6.05. The summed E-state index contributed by atoms with van der Waals surface area (Å²) in [7, 11) is 3.03. The second kappa shape index (κ2) is 5.44. The van der Waals surface area contributed by atoms with E-state index >= 15 is 0 Å². The second-order valence-corrected chi connectivity index (χ2v) is 6.09. The van der Waals surface area contributed by atoms with Crippen LogP contribution < -0.4 is 0 Å². The van der Waals surface area contributed by atoms with Crippen molar-refractivity contribution in [3.8, 4) is 0 Å². The SMILES string of the molecule is CN1C(=O)C[C@@H](N2CCN([C@@H]3CC(=O)N(C)C3=O)CC2)C1=O. The molecule has 3 rings (SSSR count). The van der Waals surface area contributed by atoms with E-state index in [-0.39, 0.29) is 48.6 Å². The molecule has 3 aliphatic rings. The van der Waals surface area contributed by atoms with Crippen molar-refractivity contribution in [2.75, 3.05) is 40.3 Å². The number of amides is 4. The first-order chi connectivity index (χ1) is 10.4. The minimum absolute atomic E-state index is 0.143. The zero-order valence-electron chi connectivity index (χ0n) is 12.8. The monoisotopic (exact) mass is 308 g/mol. The van der Waals surface area contributed by atoms with Crippen LogP contribution in [-0.2, 0) is 19.2 Å². The van der Waals surface area contributed by atoms with Crippen LogP contribution in [0.4, 0.5) is 0 Å². The normalized spacial score (nSPS) is 31.7. The van der Waals surface area contributed by atoms with Gasteiger partial charge in [0.2, 0.25) is 23.6 Å². The molecule has 0 spiro atoms. The van der Waals surface area contributed by atoms with Gasteiger partial charge in [0.25, 0.3) is 0 Å². The average Bonchev–Trinajstić information content (AvgIpc) is 2.92. The van der Waals surface area contributed by atoms with E-state index in [1.807, 2.05) is 9.80 Å². The molecule has 3 aliphatic heterocycles. The van der Waals surface area contributed by atoms with Gasteiger partial charge in [-0.3, -0.25) is 38.8 Å². The van der Waals surface area contributed by atoms with E-state index in [0.29, 0.717) is 26.2 Å². The van der Waals surface area contributed by atoms with Gasteiger partial charge in [0.05, 0.1) is 24.9 Å². The van der Waals surface area contributed by atoms with Gasteiger partial charge in [0.1, 0.15) is 0 Å². The van der Waals surface area contributed by atoms with Crippen LogP contribution in [0.2, 0.25) is 0 Å². The Hall–Kier alpha value is -1.80. The Labute approximate surface area is 128 Å². The molecular weight excluding hydrogens is 288 g/mol. The van der Waals surface area contributed by atoms with Crippen LogP contribution in [0.3, 0.4) is 0 Å². The number of hydrogen-bond acceptors (Lipinski definition) is 6. The summed E-state index contributed by atoms with van der Waals surface area (Å²) < 4.78 is 0. The van der Waals surface area contributed by atoms with Crippen molar-refractivity contribution < 1.29 is 19.2 Å². The second-order valence-electron chi connectivity index (χ2n) is 6.09. The number of rotatable bonds is 2. The Morgan fingerprint density at radius 2 is 1.00 bits per heavy atom. The lowest BCUT2D eigenvalue weighted by Gasteiger charge is -2.38. The molecule has 3 heterocycles. The minimum Gasteiger partial charge on any atom is -0.289 e. The Kier molecular flexibility index (Phi) is 3.73. The summed E-state index contributed by atoms with van der Waals surface area (Å²) in [6, 6.07) is -0.744. The number of hydrogen-bond donors (Lipinski definition) is 0. The van der Waals surface area contributed by atoms with E-state index in [0.717, 1.165) is 0 Å². The summed E-state index contributed by atoms with van der Waals surface area (Å²) in [5.41, 5.74) is 0. The van der Waals surface area contributed by atoms with Gasteiger partial charge in [-0.25, -0.2) is 0 Å². The van der Waals surface area contributed by atoms with Crippen LogP contribution in [0.15, 0.2) is 0 Å². The van der Waals surface area contributed by atoms with Crippen LogP contribution in [0.25, 0.3) is 0 Å². The molecule has 0 aromatic carbocycles. The number of imide groups is 2. The molecule has 0 N–H and O–H groups in total. The fraction of sp³-hybridized carbons (Fsp3) is 0.714. The molecule has 8 heteroatoms. The third-order valence-corrected chi connectivity index (χ3v) is 4.95. The summed E-state index contributed by atoms with van der Waals surface area (Å²) in [5, 5.41) is 0. The van der Waals surface area contributed by atoms with Gasteiger partial charge in [0, 0.05) is 40.3 Å². The average molecular weight is 308 g/mol. The summed E-state index contributed by atoms with van der Waals surface area (Å²) in [4.78, 5) is 53.7. The highest BCUT2D eigenvalue weighted by Gasteiger charge is 2.44. The summed E-state index contributed by atoms with van der Waals surface area (Å²) in [6.07, 6.45) is 0.470. The first-order valence-corrected chi connectivity index (χ1v) is 7.49. The van der Waals surface area contributed by atoms with Crippen molar-refractivity contribution in [2.45, 2.75) is 24.9 Å². The summed E-state index contributed by atoms with van der Waals surface area (Å²) in [6.45, 7) is 2.50. The Morgan fingerprint density at radius 1 is 0.682 bits per heavy atom. The molecule has 3 fully saturated rings. The molecule has 22 heavy (non-hydrogen) atoms. The lowest BCUT2D eigenvalue weighted by atomic mass is 10.1. The van der Waals surface area contributed by atoms with Gasteiger partial charge < -0.3 is 0 Å². The van der Waals surface area contributed by atoms with Crippen LogP contribution in [0.1, 0.15) is 12.8 Å². The molecule has 8 nitrogen and oxygen atoms in total. The van der Waals surface area contributed by atoms with E-state index in [4.69, 9.17) is 0 Å². The molecule has 0 radical (unpaired) electrons. The quantitative estimate of drug-likeness (QED) is 0.555. The van der Waals surface area contributed by atoms with Gasteiger partial charge >= 0.3 is 0 Å². The molecular formula is C14H20N4O4. The van der Waals surface area contributed by atoms with Gasteiger partial charge in [-0.2, -0.15) is 0 Å². The summed E-state index contributed by atoms with van der Waals surface area (Å²) in [5.74, 6) is -0.582. The molecule has 120 valence electrons. The van der Waals surface area contributed by atoms with Crippen molar-refractivity contribution in [2.24, 2.45) is 0 Å². The molecule has 3 saturated heterocycles. The van der Waals surface area contributed by atoms with Gasteiger partial charge in [-0.05, 0) is 0 Å². The number of carbonyl (C=O) groups is 4. The molecule has 0 aromatic rings. The Morgan fingerprint density at radius 3 is 1.23 bits per heavy atom. The first kappa shape index (κ1) is 15.1. The fourth-order valence-corrected chi connectivity index (χ4v) is 3.40. The highest BCUT2D eigenvalue weighted by atomic mass is 16.2. The van der Waals surface area contributed by atoms with Gasteiger partial charge in [-0.15, -0.1) is 0 Å². The van der Waals surface area contributed by atoms with E-state index in [9.17, 15) is 19.2 Å². The van der Waals surface area contributed by atoms with Crippen LogP contribution in [0, 0.1) is 0 Å². The maximum atomic E-state index is 12.0. The van der Waals surface area contributed by atoms with Crippen LogP contribution >= 0.6 is 0 Å². The first-order valence-electron chi connectivity index (χ1n) is 7.49. The van der Waals surface area contributed by atoms with Crippen LogP contribution in [0.5, 0.6) is 0 Å². The lowest BCUT2D eigenvalue weighted by Crippen LogP contribution is -2.55. The smallest absolute Gasteiger partial charge is 0.246 e. The molecule has 0 saturated carbocycles. The van der Waals surface area contributed by atoms with Crippen molar-refractivity contribution in [1.29, 1.82) is 0 Å². The fourth-order valence-electron chi connectivity index (χ4n) is 3.40. The number of nitrogens with zero attached hydrogens (tertiary/aromatic N) is 4. The maximum absolute atomic E-state index is 12.0. The van der Waals surface area contributed by atoms with Crippen molar-refractivity contribution >= 4 is 23.6 Å². The minimum atomic E-state index is -0.372. The summed E-state index contributed by atoms with van der Waals surface area (Å²) >= 11 is 0. The van der Waals surface area contributed by atoms with E-state index < -0.39 is 0 Å². The standard InChI is InChI=1S/C14H20N4O4/c1-15-11(19)7-9(13(15)21)17-3-5-18(6-4-17)10-8-12(20)16(2)14(10)22/h9-10H,3-8H2,1-2H3/t9-,10-/m1/s1. The Bertz CT molecular complexity index is 493. The largest absolute Gasteiger partial charge is 0.289 e. The topological polar surface area (TPSA) is 81.2 Å². The molecule has 0 bridgehead atoms. The highest BCUT2D eigenvalue weighted by Crippen LogP contribution is 2.22. The van der Waals surface area contributed by atoms with E-state index in [2.05, 4.69) is 0 Å². The third-order valence-electron chi connectivity index (χ3n) is 4.95. The Balaban J connectivity index is 1.60. The van der Waals surface area contributed by atoms with E-state index in [1.54, 1.807) is 0 Å². The number of piperazine rings is 1. The molecule has 0 aromatic heterocycles. The maximum Gasteiger partial charge on any atom is 0.246 e. The predicted molar refractivity (Wildman–Crippen MR) is 75.5 cm³/mol. The zero-order valence-corrected chi connectivity index (χ0v) is 12.8. The molecule has 0 aliphatic carbocycles. The van der Waals surface area contributed by atoms with Crippen molar-refractivity contribution in [3.63, 3.8) is 0 Å². The number of likely N-dealkylation sites (N-methyl/N-ethyl adjacent to an activating group) is 2. The van der Waals surface area contributed by atoms with Gasteiger partial charge in [0.15, 0.2) is 0 Å². The van der Waals surface area contributed by atoms with E-state index in [1.165, 1.54) is 23.9 Å². The molecule has 4 amide bonds. The number of likely N-dealkylation sites (tertiary alicyclic amines) is 2. The third kappa shape index (κ3) is 2.32. The molecule has 2 atom stereocenters. The molecule has 0 unspecified atom stereocenters. The van der Waals surface area contributed by atoms with Crippen molar-refractivity contribution in [1.82, 2.24) is 19.6 Å². The zero-order chi connectivity index (χ0) is 16.0. The van der Waals surface area contributed by atoms with Gasteiger partial charge in [-0.1, -0.05) is 0 Å². The number of carbonyl (C=O) groups excluding carboxylic acids is 4. The van der Waals surface area contributed by atoms with Crippen LogP contribution in [-0.4, -0.2) is 95.6 Å². The van der Waals surface area contributed by atoms with Crippen molar-refractivity contribution in [3.05, 3.63) is 0 Å². The lowest BCUT2D eigenvalue weighted by molar-refractivity contribution is -0.140. The predicted octanol–water partition coefficient (Wildman–Crippen LogP) is -1.88.